The van der Waals surface area contributed by atoms with Gasteiger partial charge in [0.15, 0.2) is 0 Å². The average Bonchev–Trinajstić information content (AvgIpc) is 2.43. The summed E-state index contributed by atoms with van der Waals surface area (Å²) in [6, 6.07) is 7.82. The van der Waals surface area contributed by atoms with Crippen LogP contribution in [-0.4, -0.2) is 33.7 Å². The van der Waals surface area contributed by atoms with E-state index in [-0.39, 0.29) is 0 Å². The van der Waals surface area contributed by atoms with E-state index in [1.807, 2.05) is 36.0 Å². The number of thioether (sulfide) groups is 1. The molecule has 0 bridgehead atoms. The molecule has 22 heavy (non-hydrogen) atoms. The van der Waals surface area contributed by atoms with Gasteiger partial charge in [0.25, 0.3) is 0 Å². The highest BCUT2D eigenvalue weighted by Crippen LogP contribution is 2.25. The van der Waals surface area contributed by atoms with Crippen LogP contribution in [0.3, 0.4) is 0 Å². The van der Waals surface area contributed by atoms with Gasteiger partial charge < -0.3 is 14.8 Å². The molecule has 0 unspecified atom stereocenters. The van der Waals surface area contributed by atoms with Crippen molar-refractivity contribution in [2.24, 2.45) is 0 Å². The molecule has 1 aromatic rings. The highest BCUT2D eigenvalue weighted by Gasteiger charge is 2.39. The molecule has 0 amide bonds. The molecule has 0 aliphatic carbocycles. The number of benzene rings is 1. The van der Waals surface area contributed by atoms with Crippen LogP contribution in [0.1, 0.15) is 53.5 Å². The van der Waals surface area contributed by atoms with Crippen molar-refractivity contribution in [3.8, 4) is 0 Å². The third-order valence-corrected chi connectivity index (χ3v) is 5.66. The molecule has 1 aromatic carbocycles. The number of rotatable bonds is 8. The first kappa shape index (κ1) is 19.6. The topological polar surface area (TPSA) is 49.7 Å². The van der Waals surface area contributed by atoms with Crippen LogP contribution in [0.15, 0.2) is 24.3 Å². The van der Waals surface area contributed by atoms with Crippen LogP contribution in [0.5, 0.6) is 0 Å². The smallest absolute Gasteiger partial charge is 0.423 e. The maximum absolute atomic E-state index is 10.2. The van der Waals surface area contributed by atoms with Gasteiger partial charge in [0.2, 0.25) is 0 Å². The lowest BCUT2D eigenvalue weighted by molar-refractivity contribution is -0.0982. The fourth-order valence-electron chi connectivity index (χ4n) is 1.63. The van der Waals surface area contributed by atoms with Crippen molar-refractivity contribution in [2.75, 3.05) is 0 Å². The third kappa shape index (κ3) is 5.62. The van der Waals surface area contributed by atoms with Crippen molar-refractivity contribution >= 4 is 24.3 Å². The Balaban J connectivity index is 2.66. The first-order chi connectivity index (χ1) is 10.1. The summed E-state index contributed by atoms with van der Waals surface area (Å²) in [6.07, 6.45) is 1.17. The number of aliphatic hydroxyl groups is 1. The molecular formula is C17H29BO3S. The van der Waals surface area contributed by atoms with Crippen molar-refractivity contribution in [2.45, 2.75) is 70.2 Å². The van der Waals surface area contributed by atoms with Gasteiger partial charge in [-0.05, 0) is 45.1 Å². The van der Waals surface area contributed by atoms with Crippen molar-refractivity contribution in [1.29, 1.82) is 0 Å². The fraction of sp³-hybridized carbons (Fsp3) is 0.647. The van der Waals surface area contributed by atoms with E-state index in [9.17, 15) is 10.1 Å². The molecule has 0 saturated heterocycles. The monoisotopic (exact) mass is 324 g/mol. The SMILES string of the molecule is CC[C@H](C)SCc1ccc(B(O)OC(C)(C)C(C)(C)O)cc1. The molecule has 0 aliphatic rings. The van der Waals surface area contributed by atoms with Gasteiger partial charge in [0, 0.05) is 11.0 Å². The van der Waals surface area contributed by atoms with E-state index in [0.717, 1.165) is 5.75 Å². The summed E-state index contributed by atoms with van der Waals surface area (Å²) in [7, 11) is -1.04. The summed E-state index contributed by atoms with van der Waals surface area (Å²) in [5, 5.41) is 21.0. The van der Waals surface area contributed by atoms with Crippen molar-refractivity contribution < 1.29 is 14.8 Å². The van der Waals surface area contributed by atoms with Crippen molar-refractivity contribution in [3.05, 3.63) is 29.8 Å². The normalized spacial score (nSPS) is 14.0. The van der Waals surface area contributed by atoms with Gasteiger partial charge in [-0.3, -0.25) is 0 Å². The summed E-state index contributed by atoms with van der Waals surface area (Å²) in [4.78, 5) is 0. The zero-order chi connectivity index (χ0) is 17.0. The standard InChI is InChI=1S/C17H29BO3S/c1-7-13(2)22-12-14-8-10-15(11-9-14)18(20)21-17(5,6)16(3,4)19/h8-11,13,19-20H,7,12H2,1-6H3/t13-/m0/s1. The lowest BCUT2D eigenvalue weighted by atomic mass is 9.76. The summed E-state index contributed by atoms with van der Waals surface area (Å²) in [6.45, 7) is 11.3. The van der Waals surface area contributed by atoms with Crippen LogP contribution in [0, 0.1) is 0 Å². The third-order valence-electron chi connectivity index (χ3n) is 4.25. The second kappa shape index (κ2) is 7.87. The molecule has 5 heteroatoms. The zero-order valence-corrected chi connectivity index (χ0v) is 15.4. The highest BCUT2D eigenvalue weighted by molar-refractivity contribution is 7.99. The van der Waals surface area contributed by atoms with E-state index in [1.165, 1.54) is 12.0 Å². The Morgan fingerprint density at radius 2 is 1.73 bits per heavy atom. The fourth-order valence-corrected chi connectivity index (χ4v) is 2.53. The van der Waals surface area contributed by atoms with E-state index in [4.69, 9.17) is 4.65 Å². The minimum atomic E-state index is -1.04. The highest BCUT2D eigenvalue weighted by atomic mass is 32.2. The molecule has 0 heterocycles. The van der Waals surface area contributed by atoms with Crippen LogP contribution < -0.4 is 5.46 Å². The van der Waals surface area contributed by atoms with Gasteiger partial charge in [0.1, 0.15) is 0 Å². The molecule has 0 saturated carbocycles. The molecule has 0 aromatic heterocycles. The maximum Gasteiger partial charge on any atom is 0.491 e. The molecule has 3 nitrogen and oxygen atoms in total. The van der Waals surface area contributed by atoms with E-state index < -0.39 is 18.3 Å². The number of hydrogen-bond donors (Lipinski definition) is 2. The van der Waals surface area contributed by atoms with Crippen LogP contribution in [-0.2, 0) is 10.4 Å². The van der Waals surface area contributed by atoms with Crippen molar-refractivity contribution in [3.63, 3.8) is 0 Å². The van der Waals surface area contributed by atoms with Crippen LogP contribution in [0.2, 0.25) is 0 Å². The minimum absolute atomic E-state index is 0.654. The number of hydrogen-bond acceptors (Lipinski definition) is 4. The summed E-state index contributed by atoms with van der Waals surface area (Å²) in [5.41, 5.74) is 0.0517. The zero-order valence-electron chi connectivity index (χ0n) is 14.6. The predicted octanol–water partition coefficient (Wildman–Crippen LogP) is 2.97. The molecule has 1 rings (SSSR count). The van der Waals surface area contributed by atoms with Gasteiger partial charge in [-0.1, -0.05) is 38.1 Å². The van der Waals surface area contributed by atoms with Gasteiger partial charge in [-0.25, -0.2) is 0 Å². The Morgan fingerprint density at radius 1 is 1.18 bits per heavy atom. The molecule has 124 valence electrons. The Bertz CT molecular complexity index is 454. The maximum atomic E-state index is 10.2. The lowest BCUT2D eigenvalue weighted by Gasteiger charge is -2.38. The molecule has 0 radical (unpaired) electrons. The van der Waals surface area contributed by atoms with Gasteiger partial charge in [-0.15, -0.1) is 0 Å². The van der Waals surface area contributed by atoms with Crippen LogP contribution >= 0.6 is 11.8 Å². The quantitative estimate of drug-likeness (QED) is 0.722. The lowest BCUT2D eigenvalue weighted by Crippen LogP contribution is -2.53. The first-order valence-electron chi connectivity index (χ1n) is 7.85. The van der Waals surface area contributed by atoms with Gasteiger partial charge in [0.05, 0.1) is 11.2 Å². The van der Waals surface area contributed by atoms with E-state index >= 15 is 0 Å². The molecule has 0 spiro atoms. The van der Waals surface area contributed by atoms with E-state index in [0.29, 0.717) is 10.7 Å². The minimum Gasteiger partial charge on any atom is -0.423 e. The van der Waals surface area contributed by atoms with Crippen LogP contribution in [0.25, 0.3) is 0 Å². The Hall–Kier alpha value is -0.485. The average molecular weight is 324 g/mol. The van der Waals surface area contributed by atoms with Crippen molar-refractivity contribution in [1.82, 2.24) is 0 Å². The second-order valence-electron chi connectivity index (χ2n) is 6.81. The molecule has 0 aliphatic heterocycles. The van der Waals surface area contributed by atoms with Crippen LogP contribution in [0.4, 0.5) is 0 Å². The first-order valence-corrected chi connectivity index (χ1v) is 8.90. The Kier molecular flexibility index (Phi) is 6.99. The Labute approximate surface area is 139 Å². The molecule has 1 atom stereocenters. The van der Waals surface area contributed by atoms with E-state index in [2.05, 4.69) is 13.8 Å². The summed E-state index contributed by atoms with van der Waals surface area (Å²) < 4.78 is 5.64. The predicted molar refractivity (Wildman–Crippen MR) is 96.6 cm³/mol. The molecule has 2 N–H and O–H groups in total. The molecular weight excluding hydrogens is 295 g/mol. The van der Waals surface area contributed by atoms with Gasteiger partial charge in [-0.2, -0.15) is 11.8 Å². The van der Waals surface area contributed by atoms with E-state index in [1.54, 1.807) is 27.7 Å². The van der Waals surface area contributed by atoms with Gasteiger partial charge >= 0.3 is 7.12 Å². The summed E-state index contributed by atoms with van der Waals surface area (Å²) >= 11 is 1.93. The second-order valence-corrected chi connectivity index (χ2v) is 8.24. The Morgan fingerprint density at radius 3 is 2.18 bits per heavy atom. The summed E-state index contributed by atoms with van der Waals surface area (Å²) in [5.74, 6) is 0.974. The molecule has 0 fully saturated rings. The largest absolute Gasteiger partial charge is 0.491 e.